The van der Waals surface area contributed by atoms with Gasteiger partial charge in [0.2, 0.25) is 0 Å². The fourth-order valence-corrected chi connectivity index (χ4v) is 2.73. The molecule has 2 nitrogen and oxygen atoms in total. The minimum Gasteiger partial charge on any atom is -0.271 e. The van der Waals surface area contributed by atoms with Crippen LogP contribution in [0.5, 0.6) is 0 Å². The summed E-state index contributed by atoms with van der Waals surface area (Å²) in [5.41, 5.74) is 4.39. The maximum atomic E-state index is 13.9. The lowest BCUT2D eigenvalue weighted by Crippen LogP contribution is -2.28. The van der Waals surface area contributed by atoms with Gasteiger partial charge in [0.1, 0.15) is 5.82 Å². The summed E-state index contributed by atoms with van der Waals surface area (Å²) < 4.78 is 13.9. The number of unbranched alkanes of at least 4 members (excludes halogenated alkanes) is 7. The van der Waals surface area contributed by atoms with Crippen LogP contribution in [0.15, 0.2) is 18.2 Å². The molecule has 0 aliphatic rings. The molecule has 0 heterocycles. The first-order valence-electron chi connectivity index (χ1n) is 8.41. The molecular weight excluding hydrogens is 263 g/mol. The normalized spacial score (nSPS) is 12.6. The highest BCUT2D eigenvalue weighted by atomic mass is 19.1. The highest BCUT2D eigenvalue weighted by molar-refractivity contribution is 5.26. The number of hydrogen-bond acceptors (Lipinski definition) is 2. The summed E-state index contributed by atoms with van der Waals surface area (Å²) in [6, 6.07) is 5.29. The average molecular weight is 294 g/mol. The SMILES string of the molecule is CCCCCCCCCCC(NN)c1ccc(C)cc1F. The lowest BCUT2D eigenvalue weighted by atomic mass is 9.98. The van der Waals surface area contributed by atoms with Crippen molar-refractivity contribution in [2.24, 2.45) is 5.84 Å². The molecule has 0 radical (unpaired) electrons. The molecule has 0 aromatic heterocycles. The minimum atomic E-state index is -0.155. The molecule has 0 aliphatic carbocycles. The van der Waals surface area contributed by atoms with Gasteiger partial charge in [-0.1, -0.05) is 70.4 Å². The van der Waals surface area contributed by atoms with Crippen molar-refractivity contribution in [3.8, 4) is 0 Å². The van der Waals surface area contributed by atoms with E-state index in [1.165, 1.54) is 44.9 Å². The predicted octanol–water partition coefficient (Wildman–Crippen LogP) is 5.17. The van der Waals surface area contributed by atoms with Crippen LogP contribution in [0, 0.1) is 12.7 Å². The maximum absolute atomic E-state index is 13.9. The van der Waals surface area contributed by atoms with E-state index < -0.39 is 0 Å². The zero-order chi connectivity index (χ0) is 15.5. The van der Waals surface area contributed by atoms with E-state index in [9.17, 15) is 4.39 Å². The van der Waals surface area contributed by atoms with Crippen LogP contribution in [0.25, 0.3) is 0 Å². The zero-order valence-corrected chi connectivity index (χ0v) is 13.6. The molecule has 120 valence electrons. The number of rotatable bonds is 11. The Kier molecular flexibility index (Phi) is 9.27. The number of nitrogens with one attached hydrogen (secondary N) is 1. The van der Waals surface area contributed by atoms with Gasteiger partial charge < -0.3 is 0 Å². The maximum Gasteiger partial charge on any atom is 0.128 e. The van der Waals surface area contributed by atoms with Crippen molar-refractivity contribution in [1.82, 2.24) is 5.43 Å². The van der Waals surface area contributed by atoms with Crippen LogP contribution in [0.3, 0.4) is 0 Å². The van der Waals surface area contributed by atoms with Crippen LogP contribution in [0.1, 0.15) is 81.9 Å². The second-order valence-corrected chi connectivity index (χ2v) is 6.01. The molecule has 0 bridgehead atoms. The number of halogens is 1. The molecule has 0 saturated carbocycles. The summed E-state index contributed by atoms with van der Waals surface area (Å²) in [6.45, 7) is 4.14. The number of hydrazine groups is 1. The van der Waals surface area contributed by atoms with E-state index in [4.69, 9.17) is 5.84 Å². The lowest BCUT2D eigenvalue weighted by molar-refractivity contribution is 0.456. The molecular formula is C18H31FN2. The van der Waals surface area contributed by atoms with Crippen LogP contribution < -0.4 is 11.3 Å². The van der Waals surface area contributed by atoms with Gasteiger partial charge in [-0.15, -0.1) is 0 Å². The van der Waals surface area contributed by atoms with Crippen LogP contribution in [-0.4, -0.2) is 0 Å². The van der Waals surface area contributed by atoms with E-state index in [1.807, 2.05) is 19.1 Å². The zero-order valence-electron chi connectivity index (χ0n) is 13.6. The van der Waals surface area contributed by atoms with Gasteiger partial charge in [0.05, 0.1) is 0 Å². The van der Waals surface area contributed by atoms with Gasteiger partial charge in [0.15, 0.2) is 0 Å². The summed E-state index contributed by atoms with van der Waals surface area (Å²) in [5.74, 6) is 5.44. The molecule has 21 heavy (non-hydrogen) atoms. The number of aryl methyl sites for hydroxylation is 1. The van der Waals surface area contributed by atoms with E-state index in [1.54, 1.807) is 6.07 Å². The fourth-order valence-electron chi connectivity index (χ4n) is 2.73. The van der Waals surface area contributed by atoms with Crippen LogP contribution in [0.4, 0.5) is 4.39 Å². The topological polar surface area (TPSA) is 38.0 Å². The second kappa shape index (κ2) is 10.7. The van der Waals surface area contributed by atoms with Crippen molar-refractivity contribution >= 4 is 0 Å². The Morgan fingerprint density at radius 2 is 1.67 bits per heavy atom. The molecule has 0 saturated heterocycles. The quantitative estimate of drug-likeness (QED) is 0.336. The molecule has 3 heteroatoms. The number of benzene rings is 1. The molecule has 3 N–H and O–H groups in total. The van der Waals surface area contributed by atoms with Crippen LogP contribution in [-0.2, 0) is 0 Å². The van der Waals surface area contributed by atoms with E-state index in [0.29, 0.717) is 5.56 Å². The summed E-state index contributed by atoms with van der Waals surface area (Å²) in [7, 11) is 0. The molecule has 1 aromatic carbocycles. The third-order valence-electron chi connectivity index (χ3n) is 4.08. The Bertz CT molecular complexity index is 393. The third-order valence-corrected chi connectivity index (χ3v) is 4.08. The van der Waals surface area contributed by atoms with Crippen molar-refractivity contribution in [2.75, 3.05) is 0 Å². The number of hydrogen-bond donors (Lipinski definition) is 2. The molecule has 0 spiro atoms. The Hall–Kier alpha value is -0.930. The summed E-state index contributed by atoms with van der Waals surface area (Å²) in [5, 5.41) is 0. The molecule has 0 aliphatic heterocycles. The van der Waals surface area contributed by atoms with Gasteiger partial charge in [-0.05, 0) is 25.0 Å². The Balaban J connectivity index is 2.25. The lowest BCUT2D eigenvalue weighted by Gasteiger charge is -2.17. The Morgan fingerprint density at radius 3 is 2.24 bits per heavy atom. The molecule has 1 atom stereocenters. The van der Waals surface area contributed by atoms with E-state index >= 15 is 0 Å². The van der Waals surface area contributed by atoms with E-state index in [0.717, 1.165) is 18.4 Å². The first-order chi connectivity index (χ1) is 10.2. The van der Waals surface area contributed by atoms with Crippen LogP contribution in [0.2, 0.25) is 0 Å². The summed E-state index contributed by atoms with van der Waals surface area (Å²) in [4.78, 5) is 0. The molecule has 0 fully saturated rings. The van der Waals surface area contributed by atoms with Gasteiger partial charge in [0.25, 0.3) is 0 Å². The number of nitrogens with two attached hydrogens (primary N) is 1. The smallest absolute Gasteiger partial charge is 0.128 e. The van der Waals surface area contributed by atoms with Gasteiger partial charge in [-0.2, -0.15) is 0 Å². The highest BCUT2D eigenvalue weighted by Crippen LogP contribution is 2.23. The molecule has 1 unspecified atom stereocenters. The second-order valence-electron chi connectivity index (χ2n) is 6.01. The largest absolute Gasteiger partial charge is 0.271 e. The molecule has 0 amide bonds. The Labute approximate surface area is 129 Å². The first-order valence-corrected chi connectivity index (χ1v) is 8.41. The minimum absolute atomic E-state index is 0.0781. The van der Waals surface area contributed by atoms with Gasteiger partial charge >= 0.3 is 0 Å². The highest BCUT2D eigenvalue weighted by Gasteiger charge is 2.13. The third kappa shape index (κ3) is 7.05. The van der Waals surface area contributed by atoms with Gasteiger partial charge in [-0.3, -0.25) is 11.3 Å². The fraction of sp³-hybridized carbons (Fsp3) is 0.667. The monoisotopic (exact) mass is 294 g/mol. The summed E-state index contributed by atoms with van der Waals surface area (Å²) in [6.07, 6.45) is 11.1. The van der Waals surface area contributed by atoms with Crippen molar-refractivity contribution in [3.05, 3.63) is 35.1 Å². The molecule has 1 aromatic rings. The van der Waals surface area contributed by atoms with Crippen molar-refractivity contribution < 1.29 is 4.39 Å². The standard InChI is InChI=1S/C18H31FN2/c1-3-4-5-6-7-8-9-10-11-18(21-20)16-13-12-15(2)14-17(16)19/h12-14,18,21H,3-11,20H2,1-2H3. The van der Waals surface area contributed by atoms with Crippen LogP contribution >= 0.6 is 0 Å². The molecule has 1 rings (SSSR count). The van der Waals surface area contributed by atoms with E-state index in [-0.39, 0.29) is 11.9 Å². The average Bonchev–Trinajstić information content (AvgIpc) is 2.47. The van der Waals surface area contributed by atoms with Gasteiger partial charge in [-0.25, -0.2) is 4.39 Å². The Morgan fingerprint density at radius 1 is 1.05 bits per heavy atom. The van der Waals surface area contributed by atoms with Crippen molar-refractivity contribution in [2.45, 2.75) is 77.7 Å². The summed E-state index contributed by atoms with van der Waals surface area (Å²) >= 11 is 0. The predicted molar refractivity (Wildman–Crippen MR) is 88.4 cm³/mol. The first kappa shape index (κ1) is 18.1. The van der Waals surface area contributed by atoms with E-state index in [2.05, 4.69) is 12.3 Å². The van der Waals surface area contributed by atoms with Gasteiger partial charge in [0, 0.05) is 11.6 Å². The van der Waals surface area contributed by atoms with Crippen molar-refractivity contribution in [1.29, 1.82) is 0 Å². The van der Waals surface area contributed by atoms with Crippen molar-refractivity contribution in [3.63, 3.8) is 0 Å².